The molecule has 0 aliphatic rings. The van der Waals surface area contributed by atoms with E-state index in [9.17, 15) is 4.79 Å². The largest absolute Gasteiger partial charge is 0.497 e. The van der Waals surface area contributed by atoms with Gasteiger partial charge in [-0.3, -0.25) is 4.79 Å². The van der Waals surface area contributed by atoms with E-state index in [1.807, 2.05) is 41.8 Å². The van der Waals surface area contributed by atoms with Crippen LogP contribution in [0.2, 0.25) is 0 Å². The van der Waals surface area contributed by atoms with Gasteiger partial charge in [-0.2, -0.15) is 0 Å². The average molecular weight is 416 g/mol. The molecule has 2 heterocycles. The van der Waals surface area contributed by atoms with Crippen LogP contribution in [0.5, 0.6) is 5.75 Å². The van der Waals surface area contributed by atoms with Crippen LogP contribution in [0.4, 0.5) is 5.13 Å². The van der Waals surface area contributed by atoms with E-state index in [-0.39, 0.29) is 5.91 Å². The Balaban J connectivity index is 1.59. The Morgan fingerprint density at radius 3 is 2.96 bits per heavy atom. The number of guanidine groups is 1. The topological polar surface area (TPSA) is 102 Å². The molecule has 4 N–H and O–H groups in total. The summed E-state index contributed by atoms with van der Waals surface area (Å²) in [6, 6.07) is 11.7. The number of nitrogens with two attached hydrogens (primary N) is 1. The van der Waals surface area contributed by atoms with Gasteiger partial charge in [-0.1, -0.05) is 12.1 Å². The highest BCUT2D eigenvalue weighted by atomic mass is 32.1. The maximum Gasteiger partial charge on any atom is 0.217 e. The van der Waals surface area contributed by atoms with Crippen molar-refractivity contribution in [3.63, 3.8) is 0 Å². The van der Waals surface area contributed by atoms with Crippen molar-refractivity contribution < 1.29 is 9.53 Å². The van der Waals surface area contributed by atoms with Crippen LogP contribution in [0.1, 0.15) is 17.4 Å². The van der Waals surface area contributed by atoms with Crippen molar-refractivity contribution in [1.29, 1.82) is 0 Å². The van der Waals surface area contributed by atoms with Crippen molar-refractivity contribution in [2.24, 2.45) is 10.7 Å². The third-order valence-electron chi connectivity index (χ3n) is 3.73. The Bertz CT molecular complexity index is 980. The van der Waals surface area contributed by atoms with Crippen LogP contribution >= 0.6 is 22.7 Å². The summed E-state index contributed by atoms with van der Waals surface area (Å²) in [7, 11) is 1.63. The predicted octanol–water partition coefficient (Wildman–Crippen LogP) is 3.44. The fourth-order valence-electron chi connectivity index (χ4n) is 2.36. The standard InChI is InChI=1S/C19H21N5O2S2/c1-12(25)21-10-15-6-7-17(28-15)16-11-27-19(23-16)24-18(20)22-9-13-4-3-5-14(8-13)26-2/h3-8,11H,9-10H2,1-2H3,(H,21,25)(H3,20,22,23,24). The van der Waals surface area contributed by atoms with Crippen LogP contribution in [-0.2, 0) is 17.9 Å². The maximum atomic E-state index is 11.0. The van der Waals surface area contributed by atoms with Gasteiger partial charge in [0, 0.05) is 17.2 Å². The highest BCUT2D eigenvalue weighted by Gasteiger charge is 2.09. The molecule has 0 atom stereocenters. The number of benzene rings is 1. The van der Waals surface area contributed by atoms with Gasteiger partial charge in [-0.05, 0) is 29.8 Å². The number of thiophene rings is 1. The summed E-state index contributed by atoms with van der Waals surface area (Å²) in [6.07, 6.45) is 0. The molecule has 0 fully saturated rings. The Hall–Kier alpha value is -2.91. The van der Waals surface area contributed by atoms with Crippen molar-refractivity contribution in [2.45, 2.75) is 20.0 Å². The first kappa shape index (κ1) is 19.8. The quantitative estimate of drug-likeness (QED) is 0.405. The van der Waals surface area contributed by atoms with Crippen LogP contribution in [0.15, 0.2) is 46.8 Å². The molecule has 0 bridgehead atoms. The Morgan fingerprint density at radius 1 is 1.32 bits per heavy atom. The molecule has 0 saturated carbocycles. The number of thiazole rings is 1. The molecular formula is C19H21N5O2S2. The van der Waals surface area contributed by atoms with Gasteiger partial charge in [0.15, 0.2) is 11.1 Å². The number of nitrogens with zero attached hydrogens (tertiary/aromatic N) is 2. The van der Waals surface area contributed by atoms with Gasteiger partial charge in [0.2, 0.25) is 5.91 Å². The summed E-state index contributed by atoms with van der Waals surface area (Å²) in [5.74, 6) is 1.05. The van der Waals surface area contributed by atoms with E-state index >= 15 is 0 Å². The van der Waals surface area contributed by atoms with E-state index in [0.717, 1.165) is 26.8 Å². The summed E-state index contributed by atoms with van der Waals surface area (Å²) in [5.41, 5.74) is 7.86. The van der Waals surface area contributed by atoms with Crippen molar-refractivity contribution in [2.75, 3.05) is 12.4 Å². The highest BCUT2D eigenvalue weighted by Crippen LogP contribution is 2.30. The van der Waals surface area contributed by atoms with Crippen LogP contribution < -0.4 is 21.1 Å². The Morgan fingerprint density at radius 2 is 2.18 bits per heavy atom. The van der Waals surface area contributed by atoms with E-state index in [1.165, 1.54) is 18.3 Å². The van der Waals surface area contributed by atoms with Crippen LogP contribution in [-0.4, -0.2) is 24.0 Å². The molecule has 7 nitrogen and oxygen atoms in total. The lowest BCUT2D eigenvalue weighted by atomic mass is 10.2. The molecule has 2 aromatic heterocycles. The molecule has 0 aliphatic carbocycles. The molecule has 0 radical (unpaired) electrons. The van der Waals surface area contributed by atoms with Gasteiger partial charge in [-0.15, -0.1) is 22.7 Å². The minimum atomic E-state index is -0.0428. The molecule has 0 saturated heterocycles. The number of ether oxygens (including phenoxy) is 1. The summed E-state index contributed by atoms with van der Waals surface area (Å²) in [5, 5.41) is 8.47. The molecule has 9 heteroatoms. The smallest absolute Gasteiger partial charge is 0.217 e. The maximum absolute atomic E-state index is 11.0. The van der Waals surface area contributed by atoms with Gasteiger partial charge in [-0.25, -0.2) is 9.98 Å². The van der Waals surface area contributed by atoms with Crippen molar-refractivity contribution in [3.05, 3.63) is 52.2 Å². The summed E-state index contributed by atoms with van der Waals surface area (Å²) in [6.45, 7) is 2.48. The number of nitrogens with one attached hydrogen (secondary N) is 2. The minimum absolute atomic E-state index is 0.0428. The minimum Gasteiger partial charge on any atom is -0.497 e. The lowest BCUT2D eigenvalue weighted by molar-refractivity contribution is -0.119. The molecule has 3 aromatic rings. The summed E-state index contributed by atoms with van der Waals surface area (Å²) >= 11 is 3.06. The normalized spacial score (nSPS) is 11.3. The van der Waals surface area contributed by atoms with Crippen LogP contribution in [0.3, 0.4) is 0 Å². The molecule has 0 unspecified atom stereocenters. The van der Waals surface area contributed by atoms with Gasteiger partial charge in [0.25, 0.3) is 0 Å². The second-order valence-electron chi connectivity index (χ2n) is 5.89. The van der Waals surface area contributed by atoms with Gasteiger partial charge in [0.1, 0.15) is 5.75 Å². The highest BCUT2D eigenvalue weighted by molar-refractivity contribution is 7.17. The Labute approximate surface area is 171 Å². The first-order valence-electron chi connectivity index (χ1n) is 8.52. The lowest BCUT2D eigenvalue weighted by Crippen LogP contribution is -2.22. The van der Waals surface area contributed by atoms with Gasteiger partial charge < -0.3 is 21.1 Å². The second-order valence-corrected chi connectivity index (χ2v) is 7.92. The number of methoxy groups -OCH3 is 1. The van der Waals surface area contributed by atoms with Gasteiger partial charge >= 0.3 is 0 Å². The van der Waals surface area contributed by atoms with E-state index in [1.54, 1.807) is 18.4 Å². The van der Waals surface area contributed by atoms with Crippen LogP contribution in [0.25, 0.3) is 10.6 Å². The summed E-state index contributed by atoms with van der Waals surface area (Å²) in [4.78, 5) is 22.0. The number of hydrogen-bond donors (Lipinski definition) is 3. The number of rotatable bonds is 7. The Kier molecular flexibility index (Phi) is 6.62. The molecule has 146 valence electrons. The molecule has 3 rings (SSSR count). The zero-order valence-corrected chi connectivity index (χ0v) is 17.2. The average Bonchev–Trinajstić information content (AvgIpc) is 3.34. The first-order chi connectivity index (χ1) is 13.5. The predicted molar refractivity (Wildman–Crippen MR) is 115 cm³/mol. The summed E-state index contributed by atoms with van der Waals surface area (Å²) < 4.78 is 5.21. The molecule has 0 aliphatic heterocycles. The molecule has 1 amide bonds. The zero-order chi connectivity index (χ0) is 19.9. The zero-order valence-electron chi connectivity index (χ0n) is 15.6. The third kappa shape index (κ3) is 5.54. The number of anilines is 1. The molecular weight excluding hydrogens is 394 g/mol. The fourth-order valence-corrected chi connectivity index (χ4v) is 4.06. The van der Waals surface area contributed by atoms with Crippen molar-refractivity contribution in [3.8, 4) is 16.3 Å². The fraction of sp³-hybridized carbons (Fsp3) is 0.211. The first-order valence-corrected chi connectivity index (χ1v) is 10.2. The van der Waals surface area contributed by atoms with Gasteiger partial charge in [0.05, 0.1) is 30.8 Å². The molecule has 1 aromatic carbocycles. The molecule has 0 spiro atoms. The number of carbonyl (C=O) groups is 1. The monoisotopic (exact) mass is 415 g/mol. The van der Waals surface area contributed by atoms with E-state index in [0.29, 0.717) is 24.2 Å². The number of aromatic nitrogens is 1. The van der Waals surface area contributed by atoms with Crippen molar-refractivity contribution >= 4 is 39.7 Å². The van der Waals surface area contributed by atoms with E-state index in [2.05, 4.69) is 20.6 Å². The van der Waals surface area contributed by atoms with E-state index < -0.39 is 0 Å². The van der Waals surface area contributed by atoms with E-state index in [4.69, 9.17) is 10.5 Å². The second kappa shape index (κ2) is 9.34. The lowest BCUT2D eigenvalue weighted by Gasteiger charge is -2.04. The van der Waals surface area contributed by atoms with Crippen molar-refractivity contribution in [1.82, 2.24) is 10.3 Å². The number of amides is 1. The number of carbonyl (C=O) groups excluding carboxylic acids is 1. The SMILES string of the molecule is COc1cccc(CN=C(N)Nc2nc(-c3ccc(CNC(C)=O)s3)cs2)c1. The number of aliphatic imine (C=N–C) groups is 1. The third-order valence-corrected chi connectivity index (χ3v) is 5.60. The number of hydrogen-bond acceptors (Lipinski definition) is 6. The molecule has 28 heavy (non-hydrogen) atoms. The van der Waals surface area contributed by atoms with Crippen LogP contribution in [0, 0.1) is 0 Å².